The summed E-state index contributed by atoms with van der Waals surface area (Å²) < 4.78 is 7.06. The number of nitrogens with one attached hydrogen (secondary N) is 1. The summed E-state index contributed by atoms with van der Waals surface area (Å²) >= 11 is 1.45. The minimum atomic E-state index is -0.567. The van der Waals surface area contributed by atoms with E-state index in [1.54, 1.807) is 35.9 Å². The summed E-state index contributed by atoms with van der Waals surface area (Å²) in [6.07, 6.45) is 0.140. The molecule has 1 atom stereocenters. The van der Waals surface area contributed by atoms with Crippen molar-refractivity contribution < 1.29 is 14.3 Å². The van der Waals surface area contributed by atoms with Crippen LogP contribution in [0.5, 0.6) is 5.75 Å². The molecule has 3 N–H and O–H groups in total. The number of aryl methyl sites for hydroxylation is 1. The van der Waals surface area contributed by atoms with Crippen LogP contribution < -0.4 is 21.3 Å². The van der Waals surface area contributed by atoms with E-state index in [1.807, 2.05) is 25.1 Å². The third-order valence-electron chi connectivity index (χ3n) is 5.41. The van der Waals surface area contributed by atoms with Crippen LogP contribution in [-0.4, -0.2) is 28.0 Å². The maximum atomic E-state index is 13.1. The number of nitrogens with two attached hydrogens (primary N) is 1. The normalized spacial score (nSPS) is 15.0. The quantitative estimate of drug-likeness (QED) is 0.410. The molecule has 8 nitrogen and oxygen atoms in total. The number of thioether (sulfide) groups is 1. The standard InChI is InChI=1S/C24H24N4O4S/c1-14-4-3-5-15(10-14)13-33-24-27-23(31)21-18(11-20(30)26-22(21)28(24)2)16-6-8-17(9-7-16)32-12-19(25)29/h3-10,18H,11-13H2,1-2H3,(H2,25,29)(H,26,30)/t18-/m1/s1. The Morgan fingerprint density at radius 3 is 2.70 bits per heavy atom. The van der Waals surface area contributed by atoms with E-state index in [1.165, 1.54) is 17.3 Å². The lowest BCUT2D eigenvalue weighted by Gasteiger charge is -2.27. The maximum Gasteiger partial charge on any atom is 0.279 e. The van der Waals surface area contributed by atoms with Crippen molar-refractivity contribution >= 4 is 29.4 Å². The van der Waals surface area contributed by atoms with Gasteiger partial charge in [-0.25, -0.2) is 0 Å². The van der Waals surface area contributed by atoms with Gasteiger partial charge in [0, 0.05) is 25.1 Å². The fraction of sp³-hybridized carbons (Fsp3) is 0.250. The van der Waals surface area contributed by atoms with E-state index >= 15 is 0 Å². The molecule has 0 aliphatic carbocycles. The number of primary amides is 1. The van der Waals surface area contributed by atoms with E-state index in [0.717, 1.165) is 11.1 Å². The van der Waals surface area contributed by atoms with Gasteiger partial charge in [-0.2, -0.15) is 4.98 Å². The van der Waals surface area contributed by atoms with Gasteiger partial charge in [0.2, 0.25) is 5.91 Å². The predicted octanol–water partition coefficient (Wildman–Crippen LogP) is 2.72. The van der Waals surface area contributed by atoms with Crippen LogP contribution in [0.3, 0.4) is 0 Å². The molecule has 1 aromatic heterocycles. The number of carbonyl (C=O) groups excluding carboxylic acids is 2. The van der Waals surface area contributed by atoms with Gasteiger partial charge >= 0.3 is 0 Å². The summed E-state index contributed by atoms with van der Waals surface area (Å²) in [5.74, 6) is 0.440. The number of nitrogens with zero attached hydrogens (tertiary/aromatic N) is 2. The average molecular weight is 465 g/mol. The highest BCUT2D eigenvalue weighted by Crippen LogP contribution is 2.36. The third-order valence-corrected chi connectivity index (χ3v) is 6.52. The van der Waals surface area contributed by atoms with Crippen molar-refractivity contribution in [1.29, 1.82) is 0 Å². The Labute approximate surface area is 195 Å². The Morgan fingerprint density at radius 1 is 1.24 bits per heavy atom. The number of hydrogen-bond acceptors (Lipinski definition) is 6. The Balaban J connectivity index is 1.63. The molecule has 0 unspecified atom stereocenters. The molecule has 1 aliphatic heterocycles. The maximum absolute atomic E-state index is 13.1. The SMILES string of the molecule is Cc1cccc(CSc2nc(=O)c3c(n2C)NC(=O)C[C@@H]3c2ccc(OCC(N)=O)cc2)c1. The Bertz CT molecular complexity index is 1270. The second kappa shape index (κ2) is 9.50. The van der Waals surface area contributed by atoms with Crippen molar-refractivity contribution in [2.45, 2.75) is 30.2 Å². The summed E-state index contributed by atoms with van der Waals surface area (Å²) in [5, 5.41) is 3.39. The Hall–Kier alpha value is -3.59. The highest BCUT2D eigenvalue weighted by molar-refractivity contribution is 7.98. The Kier molecular flexibility index (Phi) is 6.50. The molecule has 0 saturated heterocycles. The number of aromatic nitrogens is 2. The summed E-state index contributed by atoms with van der Waals surface area (Å²) in [4.78, 5) is 40.8. The molecule has 3 aromatic rings. The zero-order chi connectivity index (χ0) is 23.5. The van der Waals surface area contributed by atoms with Crippen LogP contribution >= 0.6 is 11.8 Å². The van der Waals surface area contributed by atoms with E-state index in [2.05, 4.69) is 16.4 Å². The molecule has 1 aliphatic rings. The van der Waals surface area contributed by atoms with Gasteiger partial charge in [0.05, 0.1) is 5.56 Å². The summed E-state index contributed by atoms with van der Waals surface area (Å²) in [6.45, 7) is 1.81. The van der Waals surface area contributed by atoms with Gasteiger partial charge in [-0.05, 0) is 30.2 Å². The number of rotatable bonds is 7. The molecule has 0 fully saturated rings. The number of carbonyl (C=O) groups is 2. The van der Waals surface area contributed by atoms with Crippen molar-refractivity contribution in [2.75, 3.05) is 11.9 Å². The largest absolute Gasteiger partial charge is 0.484 e. The third kappa shape index (κ3) is 5.09. The molecular weight excluding hydrogens is 440 g/mol. The second-order valence-corrected chi connectivity index (χ2v) is 8.87. The summed E-state index contributed by atoms with van der Waals surface area (Å²) in [5.41, 5.74) is 8.30. The van der Waals surface area contributed by atoms with Gasteiger partial charge in [-0.15, -0.1) is 0 Å². The molecule has 0 saturated carbocycles. The lowest BCUT2D eigenvalue weighted by molar-refractivity contribution is -0.120. The first-order valence-electron chi connectivity index (χ1n) is 10.4. The topological polar surface area (TPSA) is 116 Å². The van der Waals surface area contributed by atoms with Gasteiger partial charge in [-0.3, -0.25) is 14.4 Å². The second-order valence-electron chi connectivity index (χ2n) is 7.93. The summed E-state index contributed by atoms with van der Waals surface area (Å²) in [6, 6.07) is 15.1. The van der Waals surface area contributed by atoms with Gasteiger partial charge in [0.15, 0.2) is 11.8 Å². The zero-order valence-electron chi connectivity index (χ0n) is 18.3. The van der Waals surface area contributed by atoms with Crippen LogP contribution in [0.15, 0.2) is 58.5 Å². The van der Waals surface area contributed by atoms with Crippen LogP contribution in [0.4, 0.5) is 5.82 Å². The molecule has 2 heterocycles. The molecule has 33 heavy (non-hydrogen) atoms. The van der Waals surface area contributed by atoms with Crippen LogP contribution in [0.2, 0.25) is 0 Å². The van der Waals surface area contributed by atoms with Gasteiger partial charge < -0.3 is 20.4 Å². The van der Waals surface area contributed by atoms with Gasteiger partial charge in [0.25, 0.3) is 11.5 Å². The van der Waals surface area contributed by atoms with Crippen molar-refractivity contribution in [3.8, 4) is 5.75 Å². The highest BCUT2D eigenvalue weighted by Gasteiger charge is 2.32. The lowest BCUT2D eigenvalue weighted by atomic mass is 9.87. The van der Waals surface area contributed by atoms with Crippen LogP contribution in [0.25, 0.3) is 0 Å². The number of amides is 2. The van der Waals surface area contributed by atoms with E-state index in [9.17, 15) is 14.4 Å². The molecular formula is C24H24N4O4S. The van der Waals surface area contributed by atoms with Crippen molar-refractivity contribution in [2.24, 2.45) is 12.8 Å². The molecule has 0 radical (unpaired) electrons. The number of ether oxygens (including phenoxy) is 1. The first-order valence-corrected chi connectivity index (χ1v) is 11.4. The molecule has 9 heteroatoms. The fourth-order valence-corrected chi connectivity index (χ4v) is 4.76. The number of anilines is 1. The minimum Gasteiger partial charge on any atom is -0.484 e. The molecule has 0 spiro atoms. The van der Waals surface area contributed by atoms with Crippen LogP contribution in [-0.2, 0) is 22.4 Å². The van der Waals surface area contributed by atoms with E-state index in [0.29, 0.717) is 28.0 Å². The molecule has 2 amide bonds. The fourth-order valence-electron chi connectivity index (χ4n) is 3.85. The average Bonchev–Trinajstić information content (AvgIpc) is 2.79. The Morgan fingerprint density at radius 2 is 2.00 bits per heavy atom. The predicted molar refractivity (Wildman–Crippen MR) is 126 cm³/mol. The van der Waals surface area contributed by atoms with E-state index in [-0.39, 0.29) is 24.5 Å². The summed E-state index contributed by atoms with van der Waals surface area (Å²) in [7, 11) is 1.80. The monoisotopic (exact) mass is 464 g/mol. The molecule has 2 aromatic carbocycles. The minimum absolute atomic E-state index is 0.140. The number of fused-ring (bicyclic) bond motifs is 1. The van der Waals surface area contributed by atoms with Crippen molar-refractivity contribution in [3.05, 3.63) is 81.1 Å². The smallest absolute Gasteiger partial charge is 0.279 e. The van der Waals surface area contributed by atoms with Gasteiger partial charge in [-0.1, -0.05) is 53.7 Å². The molecule has 0 bridgehead atoms. The first-order chi connectivity index (χ1) is 15.8. The number of benzene rings is 2. The van der Waals surface area contributed by atoms with Crippen LogP contribution in [0.1, 0.15) is 34.6 Å². The van der Waals surface area contributed by atoms with E-state index in [4.69, 9.17) is 10.5 Å². The molecule has 170 valence electrons. The van der Waals surface area contributed by atoms with Crippen molar-refractivity contribution in [3.63, 3.8) is 0 Å². The van der Waals surface area contributed by atoms with Crippen LogP contribution in [0, 0.1) is 6.92 Å². The zero-order valence-corrected chi connectivity index (χ0v) is 19.1. The van der Waals surface area contributed by atoms with E-state index < -0.39 is 11.8 Å². The number of hydrogen-bond donors (Lipinski definition) is 2. The first kappa shape index (κ1) is 22.6. The van der Waals surface area contributed by atoms with Gasteiger partial charge in [0.1, 0.15) is 11.6 Å². The lowest BCUT2D eigenvalue weighted by Crippen LogP contribution is -2.33. The molecule has 4 rings (SSSR count). The highest BCUT2D eigenvalue weighted by atomic mass is 32.2. The van der Waals surface area contributed by atoms with Crippen molar-refractivity contribution in [1.82, 2.24) is 9.55 Å².